The summed E-state index contributed by atoms with van der Waals surface area (Å²) < 4.78 is 15.5. The first-order valence-corrected chi connectivity index (χ1v) is 12.8. The van der Waals surface area contributed by atoms with Crippen LogP contribution in [0.15, 0.2) is 66.2 Å². The topological polar surface area (TPSA) is 106 Å². The minimum absolute atomic E-state index is 0.0145. The van der Waals surface area contributed by atoms with Crippen molar-refractivity contribution in [3.8, 4) is 5.75 Å². The van der Waals surface area contributed by atoms with Gasteiger partial charge >= 0.3 is 5.97 Å². The maximum atomic E-state index is 13.4. The lowest BCUT2D eigenvalue weighted by atomic mass is 9.94. The van der Waals surface area contributed by atoms with Crippen LogP contribution in [0.4, 0.5) is 0 Å². The molecular formula is C30H30N2O7. The lowest BCUT2D eigenvalue weighted by Crippen LogP contribution is -2.42. The highest BCUT2D eigenvalue weighted by molar-refractivity contribution is 6.46. The van der Waals surface area contributed by atoms with Crippen molar-refractivity contribution in [1.29, 1.82) is 0 Å². The Kier molecular flexibility index (Phi) is 7.63. The first-order chi connectivity index (χ1) is 18.9. The average molecular weight is 531 g/mol. The minimum Gasteiger partial charge on any atom is -0.507 e. The molecule has 3 aromatic carbocycles. The Morgan fingerprint density at radius 2 is 1.59 bits per heavy atom. The second-order valence-corrected chi connectivity index (χ2v) is 9.49. The second-order valence-electron chi connectivity index (χ2n) is 9.49. The Morgan fingerprint density at radius 1 is 0.923 bits per heavy atom. The van der Waals surface area contributed by atoms with E-state index in [-0.39, 0.29) is 11.3 Å². The quantitative estimate of drug-likeness (QED) is 0.215. The van der Waals surface area contributed by atoms with Crippen molar-refractivity contribution in [2.75, 3.05) is 53.6 Å². The molecule has 3 aromatic rings. The highest BCUT2D eigenvalue weighted by atomic mass is 16.5. The molecule has 2 aliphatic rings. The summed E-state index contributed by atoms with van der Waals surface area (Å²) in [5, 5.41) is 13.2. The molecule has 1 unspecified atom stereocenters. The van der Waals surface area contributed by atoms with Crippen molar-refractivity contribution < 1.29 is 33.7 Å². The first-order valence-electron chi connectivity index (χ1n) is 12.8. The molecule has 9 nitrogen and oxygen atoms in total. The molecule has 0 saturated carbocycles. The van der Waals surface area contributed by atoms with Crippen molar-refractivity contribution in [2.24, 2.45) is 0 Å². The largest absolute Gasteiger partial charge is 0.507 e. The number of amides is 1. The third-order valence-corrected chi connectivity index (χ3v) is 7.27. The van der Waals surface area contributed by atoms with Gasteiger partial charge in [-0.15, -0.1) is 0 Å². The molecule has 2 fully saturated rings. The van der Waals surface area contributed by atoms with E-state index in [0.717, 1.165) is 23.9 Å². The van der Waals surface area contributed by atoms with Crippen molar-refractivity contribution >= 4 is 34.2 Å². The lowest BCUT2D eigenvalue weighted by Gasteiger charge is -2.31. The van der Waals surface area contributed by atoms with Crippen LogP contribution < -0.4 is 4.74 Å². The molecule has 1 amide bonds. The third kappa shape index (κ3) is 5.23. The number of aliphatic hydroxyl groups excluding tert-OH is 1. The standard InChI is InChI=1S/C30H30N2O7/c1-37-24-10-9-21-17-23(8-7-22(21)18-24)27(33)25-26(19-3-5-20(6-4-19)30(36)38-2)32(29(35)28(25)34)12-11-31-13-15-39-16-14-31/h3-10,17-18,26,33H,11-16H2,1-2H3/b27-25+. The van der Waals surface area contributed by atoms with E-state index >= 15 is 0 Å². The molecule has 0 aromatic heterocycles. The lowest BCUT2D eigenvalue weighted by molar-refractivity contribution is -0.140. The van der Waals surface area contributed by atoms with Gasteiger partial charge in [-0.1, -0.05) is 30.3 Å². The van der Waals surface area contributed by atoms with E-state index in [1.807, 2.05) is 24.3 Å². The molecular weight excluding hydrogens is 500 g/mol. The van der Waals surface area contributed by atoms with E-state index in [1.54, 1.807) is 43.5 Å². The second kappa shape index (κ2) is 11.3. The van der Waals surface area contributed by atoms with Gasteiger partial charge in [-0.3, -0.25) is 14.5 Å². The first kappa shape index (κ1) is 26.4. The number of Topliss-reactive ketones (excluding diaryl/α,β-unsaturated/α-hetero) is 1. The van der Waals surface area contributed by atoms with Gasteiger partial charge in [-0.25, -0.2) is 4.79 Å². The van der Waals surface area contributed by atoms with Crippen LogP contribution in [0, 0.1) is 0 Å². The highest BCUT2D eigenvalue weighted by Crippen LogP contribution is 2.40. The number of hydrogen-bond donors (Lipinski definition) is 1. The summed E-state index contributed by atoms with van der Waals surface area (Å²) in [5.74, 6) is -1.44. The van der Waals surface area contributed by atoms with Gasteiger partial charge in [0.25, 0.3) is 11.7 Å². The number of carbonyl (C=O) groups excluding carboxylic acids is 3. The summed E-state index contributed by atoms with van der Waals surface area (Å²) in [6.45, 7) is 3.57. The molecule has 2 saturated heterocycles. The number of rotatable bonds is 7. The molecule has 1 N–H and O–H groups in total. The van der Waals surface area contributed by atoms with E-state index in [1.165, 1.54) is 12.0 Å². The van der Waals surface area contributed by atoms with Crippen LogP contribution in [0.25, 0.3) is 16.5 Å². The highest BCUT2D eigenvalue weighted by Gasteiger charge is 2.46. The monoisotopic (exact) mass is 530 g/mol. The Bertz CT molecular complexity index is 1440. The van der Waals surface area contributed by atoms with E-state index in [2.05, 4.69) is 4.90 Å². The number of nitrogens with zero attached hydrogens (tertiary/aromatic N) is 2. The van der Waals surface area contributed by atoms with Gasteiger partial charge in [-0.05, 0) is 46.7 Å². The number of methoxy groups -OCH3 is 2. The Labute approximate surface area is 226 Å². The van der Waals surface area contributed by atoms with Crippen LogP contribution in [-0.2, 0) is 19.1 Å². The Hall–Kier alpha value is -4.21. The van der Waals surface area contributed by atoms with Crippen LogP contribution in [-0.4, -0.2) is 86.2 Å². The normalized spacial score (nSPS) is 19.4. The molecule has 2 aliphatic heterocycles. The number of aliphatic hydroxyl groups is 1. The summed E-state index contributed by atoms with van der Waals surface area (Å²) in [4.78, 5) is 42.4. The Balaban J connectivity index is 1.56. The van der Waals surface area contributed by atoms with Crippen LogP contribution >= 0.6 is 0 Å². The van der Waals surface area contributed by atoms with Gasteiger partial charge < -0.3 is 24.2 Å². The van der Waals surface area contributed by atoms with E-state index in [4.69, 9.17) is 14.2 Å². The number of hydrogen-bond acceptors (Lipinski definition) is 8. The smallest absolute Gasteiger partial charge is 0.337 e. The summed E-state index contributed by atoms with van der Waals surface area (Å²) in [7, 11) is 2.90. The van der Waals surface area contributed by atoms with Crippen LogP contribution in [0.5, 0.6) is 5.75 Å². The fourth-order valence-corrected chi connectivity index (χ4v) is 5.10. The molecule has 9 heteroatoms. The molecule has 2 heterocycles. The zero-order valence-electron chi connectivity index (χ0n) is 21.9. The van der Waals surface area contributed by atoms with Crippen LogP contribution in [0.1, 0.15) is 27.5 Å². The minimum atomic E-state index is -0.815. The zero-order chi connectivity index (χ0) is 27.5. The van der Waals surface area contributed by atoms with Gasteiger partial charge in [-0.2, -0.15) is 0 Å². The van der Waals surface area contributed by atoms with E-state index in [9.17, 15) is 19.5 Å². The molecule has 1 atom stereocenters. The van der Waals surface area contributed by atoms with Gasteiger partial charge in [0.05, 0.1) is 44.6 Å². The number of ether oxygens (including phenoxy) is 3. The maximum absolute atomic E-state index is 13.4. The number of carbonyl (C=O) groups is 3. The van der Waals surface area contributed by atoms with Gasteiger partial charge in [0.1, 0.15) is 11.5 Å². The van der Waals surface area contributed by atoms with Gasteiger partial charge in [0, 0.05) is 31.7 Å². The molecule has 202 valence electrons. The molecule has 39 heavy (non-hydrogen) atoms. The summed E-state index contributed by atoms with van der Waals surface area (Å²) >= 11 is 0. The molecule has 0 aliphatic carbocycles. The zero-order valence-corrected chi connectivity index (χ0v) is 21.9. The van der Waals surface area contributed by atoms with Crippen molar-refractivity contribution in [3.63, 3.8) is 0 Å². The number of esters is 1. The van der Waals surface area contributed by atoms with Gasteiger partial charge in [0.15, 0.2) is 0 Å². The summed E-state index contributed by atoms with van der Waals surface area (Å²) in [6, 6.07) is 16.6. The summed E-state index contributed by atoms with van der Waals surface area (Å²) in [6.07, 6.45) is 0. The summed E-state index contributed by atoms with van der Waals surface area (Å²) in [5.41, 5.74) is 1.39. The number of fused-ring (bicyclic) bond motifs is 1. The predicted molar refractivity (Wildman–Crippen MR) is 145 cm³/mol. The fraction of sp³-hybridized carbons (Fsp3) is 0.300. The number of benzene rings is 3. The number of ketones is 1. The Morgan fingerprint density at radius 3 is 2.28 bits per heavy atom. The molecule has 0 spiro atoms. The van der Waals surface area contributed by atoms with Crippen molar-refractivity contribution in [3.05, 3.63) is 82.9 Å². The van der Waals surface area contributed by atoms with E-state index in [0.29, 0.717) is 48.7 Å². The third-order valence-electron chi connectivity index (χ3n) is 7.27. The SMILES string of the molecule is COC(=O)c1ccc(C2/C(=C(\O)c3ccc4cc(OC)ccc4c3)C(=O)C(=O)N2CCN2CCOCC2)cc1. The predicted octanol–water partition coefficient (Wildman–Crippen LogP) is 3.39. The van der Waals surface area contributed by atoms with Crippen LogP contribution in [0.2, 0.25) is 0 Å². The van der Waals surface area contributed by atoms with Crippen molar-refractivity contribution in [1.82, 2.24) is 9.80 Å². The molecule has 0 bridgehead atoms. The number of likely N-dealkylation sites (tertiary alicyclic amines) is 1. The molecule has 0 radical (unpaired) electrons. The van der Waals surface area contributed by atoms with Crippen molar-refractivity contribution in [2.45, 2.75) is 6.04 Å². The average Bonchev–Trinajstić information content (AvgIpc) is 3.24. The fourth-order valence-electron chi connectivity index (χ4n) is 5.10. The van der Waals surface area contributed by atoms with Gasteiger partial charge in [0.2, 0.25) is 0 Å². The maximum Gasteiger partial charge on any atom is 0.337 e. The van der Waals surface area contributed by atoms with Crippen LogP contribution in [0.3, 0.4) is 0 Å². The molecule has 5 rings (SSSR count). The number of morpholine rings is 1. The van der Waals surface area contributed by atoms with E-state index < -0.39 is 23.7 Å².